The van der Waals surface area contributed by atoms with Crippen molar-refractivity contribution in [2.24, 2.45) is 0 Å². The molecule has 3 heterocycles. The maximum atomic E-state index is 11.9. The van der Waals surface area contributed by atoms with Gasteiger partial charge in [-0.15, -0.1) is 0 Å². The minimum Gasteiger partial charge on any atom is -0.612 e. The van der Waals surface area contributed by atoms with Crippen LogP contribution in [0.1, 0.15) is 18.4 Å². The number of hydrogen-bond acceptors (Lipinski definition) is 6. The molecule has 1 saturated carbocycles. The molecule has 30 heavy (non-hydrogen) atoms. The summed E-state index contributed by atoms with van der Waals surface area (Å²) in [6, 6.07) is 9.18. The van der Waals surface area contributed by atoms with Gasteiger partial charge in [0.15, 0.2) is 10.5 Å². The summed E-state index contributed by atoms with van der Waals surface area (Å²) in [6.07, 6.45) is 6.98. The van der Waals surface area contributed by atoms with E-state index in [0.29, 0.717) is 27.8 Å². The van der Waals surface area contributed by atoms with Crippen LogP contribution in [0.3, 0.4) is 0 Å². The highest BCUT2D eigenvalue weighted by atomic mass is 32.2. The molecule has 3 amide bonds. The molecule has 1 saturated heterocycles. The summed E-state index contributed by atoms with van der Waals surface area (Å²) >= 11 is -1.11. The van der Waals surface area contributed by atoms with Crippen LogP contribution in [0.4, 0.5) is 10.6 Å². The van der Waals surface area contributed by atoms with Crippen molar-refractivity contribution in [3.05, 3.63) is 47.8 Å². The Morgan fingerprint density at radius 2 is 2.10 bits per heavy atom. The lowest BCUT2D eigenvalue weighted by Gasteiger charge is -2.11. The number of hydrogen-bond donors (Lipinski definition) is 3. The Balaban J connectivity index is 1.65. The van der Waals surface area contributed by atoms with E-state index in [1.165, 1.54) is 0 Å². The van der Waals surface area contributed by atoms with Gasteiger partial charge in [0.25, 0.3) is 5.91 Å². The molecule has 1 atom stereocenters. The molecule has 152 valence electrons. The zero-order valence-electron chi connectivity index (χ0n) is 16.0. The highest BCUT2D eigenvalue weighted by Gasteiger charge is 2.25. The smallest absolute Gasteiger partial charge is 0.326 e. The number of carbonyl (C=O) groups excluding carboxylic acids is 2. The Labute approximate surface area is 174 Å². The summed E-state index contributed by atoms with van der Waals surface area (Å²) in [5.74, 6) is 0.287. The molecule has 10 heteroatoms. The van der Waals surface area contributed by atoms with Gasteiger partial charge in [0.05, 0.1) is 11.9 Å². The van der Waals surface area contributed by atoms with Gasteiger partial charge in [-0.1, -0.05) is 12.1 Å². The predicted molar refractivity (Wildman–Crippen MR) is 112 cm³/mol. The van der Waals surface area contributed by atoms with E-state index in [4.69, 9.17) is 4.98 Å². The number of imide groups is 1. The Morgan fingerprint density at radius 3 is 2.80 bits per heavy atom. The SMILES string of the molecule is C[S+]([O-])c1cccc(-c2cc(NC3CC3)n3ncc(/C=C4\NC(=O)NC4=O)c3n2)c1. The van der Waals surface area contributed by atoms with E-state index in [2.05, 4.69) is 21.0 Å². The van der Waals surface area contributed by atoms with Crippen molar-refractivity contribution in [2.45, 2.75) is 23.8 Å². The van der Waals surface area contributed by atoms with Gasteiger partial charge in [0.2, 0.25) is 0 Å². The van der Waals surface area contributed by atoms with E-state index in [0.717, 1.165) is 24.2 Å². The molecule has 1 aromatic carbocycles. The van der Waals surface area contributed by atoms with Gasteiger partial charge in [0.1, 0.15) is 17.8 Å². The maximum Gasteiger partial charge on any atom is 0.326 e. The van der Waals surface area contributed by atoms with Crippen molar-refractivity contribution >= 4 is 40.7 Å². The first kappa shape index (κ1) is 18.6. The number of urea groups is 1. The van der Waals surface area contributed by atoms with Gasteiger partial charge in [-0.25, -0.2) is 9.78 Å². The second-order valence-electron chi connectivity index (χ2n) is 7.23. The fourth-order valence-corrected chi connectivity index (χ4v) is 3.80. The molecule has 2 fully saturated rings. The van der Waals surface area contributed by atoms with Crippen LogP contribution in [-0.4, -0.2) is 43.4 Å². The highest BCUT2D eigenvalue weighted by Crippen LogP contribution is 2.30. The fourth-order valence-electron chi connectivity index (χ4n) is 3.24. The van der Waals surface area contributed by atoms with Crippen LogP contribution in [-0.2, 0) is 16.0 Å². The van der Waals surface area contributed by atoms with Crippen molar-refractivity contribution in [2.75, 3.05) is 11.6 Å². The van der Waals surface area contributed by atoms with Crippen LogP contribution in [0.5, 0.6) is 0 Å². The summed E-state index contributed by atoms with van der Waals surface area (Å²) in [5.41, 5.74) is 2.80. The second kappa shape index (κ2) is 7.15. The second-order valence-corrected chi connectivity index (χ2v) is 8.61. The van der Waals surface area contributed by atoms with E-state index < -0.39 is 23.1 Å². The van der Waals surface area contributed by atoms with Crippen LogP contribution in [0, 0.1) is 0 Å². The van der Waals surface area contributed by atoms with Crippen molar-refractivity contribution in [3.8, 4) is 11.3 Å². The number of fused-ring (bicyclic) bond motifs is 1. The van der Waals surface area contributed by atoms with Crippen LogP contribution in [0.15, 0.2) is 47.1 Å². The number of carbonyl (C=O) groups is 2. The minimum atomic E-state index is -1.11. The van der Waals surface area contributed by atoms with E-state index in [9.17, 15) is 14.1 Å². The summed E-state index contributed by atoms with van der Waals surface area (Å²) < 4.78 is 13.6. The highest BCUT2D eigenvalue weighted by molar-refractivity contribution is 7.90. The number of aromatic nitrogens is 3. The summed E-state index contributed by atoms with van der Waals surface area (Å²) in [4.78, 5) is 28.8. The molecule has 2 aliphatic rings. The first-order chi connectivity index (χ1) is 14.5. The zero-order valence-corrected chi connectivity index (χ0v) is 16.8. The fraction of sp³-hybridized carbons (Fsp3) is 0.200. The Kier molecular flexibility index (Phi) is 4.44. The normalized spacial score (nSPS) is 18.5. The van der Waals surface area contributed by atoms with Crippen molar-refractivity contribution in [1.82, 2.24) is 25.2 Å². The monoisotopic (exact) mass is 422 g/mol. The van der Waals surface area contributed by atoms with E-state index in [-0.39, 0.29) is 5.70 Å². The van der Waals surface area contributed by atoms with Crippen LogP contribution < -0.4 is 16.0 Å². The average molecular weight is 422 g/mol. The van der Waals surface area contributed by atoms with Gasteiger partial charge in [-0.2, -0.15) is 9.61 Å². The van der Waals surface area contributed by atoms with Crippen molar-refractivity contribution < 1.29 is 14.1 Å². The minimum absolute atomic E-state index is 0.141. The first-order valence-corrected chi connectivity index (χ1v) is 11.0. The van der Waals surface area contributed by atoms with Gasteiger partial charge in [-0.05, 0) is 36.2 Å². The third-order valence-electron chi connectivity index (χ3n) is 4.91. The molecule has 2 aromatic heterocycles. The molecule has 9 nitrogen and oxygen atoms in total. The summed E-state index contributed by atoms with van der Waals surface area (Å²) in [5, 5.41) is 12.5. The van der Waals surface area contributed by atoms with Gasteiger partial charge in [0, 0.05) is 29.3 Å². The van der Waals surface area contributed by atoms with Crippen molar-refractivity contribution in [1.29, 1.82) is 0 Å². The third-order valence-corrected chi connectivity index (χ3v) is 5.83. The molecule has 0 spiro atoms. The number of nitrogens with zero attached hydrogens (tertiary/aromatic N) is 3. The average Bonchev–Trinajstić information content (AvgIpc) is 3.36. The molecule has 1 unspecified atom stereocenters. The summed E-state index contributed by atoms with van der Waals surface area (Å²) in [7, 11) is 0. The molecule has 3 N–H and O–H groups in total. The molecule has 3 aromatic rings. The van der Waals surface area contributed by atoms with E-state index in [1.54, 1.807) is 23.0 Å². The van der Waals surface area contributed by atoms with Crippen molar-refractivity contribution in [3.63, 3.8) is 0 Å². The molecule has 0 radical (unpaired) electrons. The largest absolute Gasteiger partial charge is 0.612 e. The first-order valence-electron chi connectivity index (χ1n) is 9.41. The maximum absolute atomic E-state index is 11.9. The van der Waals surface area contributed by atoms with Crippen LogP contribution in [0.2, 0.25) is 0 Å². The lowest BCUT2D eigenvalue weighted by molar-refractivity contribution is -0.115. The number of nitrogens with one attached hydrogen (secondary N) is 3. The summed E-state index contributed by atoms with van der Waals surface area (Å²) in [6.45, 7) is 0. The number of amides is 3. The third kappa shape index (κ3) is 3.51. The van der Waals surface area contributed by atoms with Crippen LogP contribution >= 0.6 is 0 Å². The standard InChI is InChI=1S/C20H18N6O3S/c1-30(29)14-4-2-3-11(7-14)15-9-17(22-13-5-6-13)26-18(23-15)12(10-21-26)8-16-19(27)25-20(28)24-16/h2-4,7-10,13,22H,5-6H2,1H3,(H2,24,25,27,28)/b16-8-. The molecule has 0 bridgehead atoms. The van der Waals surface area contributed by atoms with Gasteiger partial charge >= 0.3 is 6.03 Å². The van der Waals surface area contributed by atoms with Crippen LogP contribution in [0.25, 0.3) is 23.0 Å². The number of rotatable bonds is 5. The molecule has 5 rings (SSSR count). The Hall–Kier alpha value is -3.37. The lowest BCUT2D eigenvalue weighted by atomic mass is 10.1. The Bertz CT molecular complexity index is 1210. The quantitative estimate of drug-likeness (QED) is 0.328. The zero-order chi connectivity index (χ0) is 20.8. The van der Waals surface area contributed by atoms with E-state index >= 15 is 0 Å². The molecule has 1 aliphatic heterocycles. The predicted octanol–water partition coefficient (Wildman–Crippen LogP) is 1.89. The molecular weight excluding hydrogens is 404 g/mol. The number of benzene rings is 1. The van der Waals surface area contributed by atoms with Gasteiger partial charge in [-0.3, -0.25) is 10.1 Å². The number of anilines is 1. The van der Waals surface area contributed by atoms with E-state index in [1.807, 2.05) is 30.3 Å². The van der Waals surface area contributed by atoms with Gasteiger partial charge < -0.3 is 15.2 Å². The molecular formula is C20H18N6O3S. The Morgan fingerprint density at radius 1 is 1.27 bits per heavy atom. The topological polar surface area (TPSA) is 123 Å². The lowest BCUT2D eigenvalue weighted by Crippen LogP contribution is -2.22. The molecule has 1 aliphatic carbocycles.